The summed E-state index contributed by atoms with van der Waals surface area (Å²) in [5.41, 5.74) is 0.497. The van der Waals surface area contributed by atoms with E-state index in [1.165, 1.54) is 23.6 Å². The second-order valence-electron chi connectivity index (χ2n) is 6.79. The van der Waals surface area contributed by atoms with Crippen LogP contribution in [-0.2, 0) is 35.1 Å². The molecule has 0 spiro atoms. The van der Waals surface area contributed by atoms with Gasteiger partial charge in [-0.15, -0.1) is 11.3 Å². The largest absolute Gasteiger partial charge is 0.450 e. The van der Waals surface area contributed by atoms with Gasteiger partial charge in [0.2, 0.25) is 0 Å². The molecule has 0 bridgehead atoms. The zero-order chi connectivity index (χ0) is 22.0. The number of thiazole rings is 1. The number of methoxy groups -OCH3 is 1. The first-order chi connectivity index (χ1) is 14.3. The second kappa shape index (κ2) is 11.8. The number of carbonyl (C=O) groups excluding carboxylic acids is 1. The van der Waals surface area contributed by atoms with Gasteiger partial charge in [0.25, 0.3) is 0 Å². The Morgan fingerprint density at radius 2 is 2.13 bits per heavy atom. The molecule has 10 heteroatoms. The van der Waals surface area contributed by atoms with Gasteiger partial charge in [-0.2, -0.15) is 13.2 Å². The Morgan fingerprint density at radius 1 is 1.33 bits per heavy atom. The molecule has 0 radical (unpaired) electrons. The Balaban J connectivity index is 2.01. The van der Waals surface area contributed by atoms with Crippen molar-refractivity contribution in [1.29, 1.82) is 0 Å². The SMILES string of the molecule is CCCCOC(=O)NC(CCc1nc(COC)cs1)Cc1ccc(C(F)(F)F)nc1. The van der Waals surface area contributed by atoms with Crippen molar-refractivity contribution in [3.8, 4) is 0 Å². The highest BCUT2D eigenvalue weighted by atomic mass is 32.1. The van der Waals surface area contributed by atoms with E-state index in [9.17, 15) is 18.0 Å². The Hall–Kier alpha value is -2.20. The maximum absolute atomic E-state index is 12.7. The molecule has 1 amide bonds. The fourth-order valence-electron chi connectivity index (χ4n) is 2.72. The average Bonchev–Trinajstić information content (AvgIpc) is 3.14. The normalized spacial score (nSPS) is 12.6. The van der Waals surface area contributed by atoms with Gasteiger partial charge < -0.3 is 14.8 Å². The highest BCUT2D eigenvalue weighted by molar-refractivity contribution is 7.09. The van der Waals surface area contributed by atoms with Crippen molar-refractivity contribution in [2.75, 3.05) is 13.7 Å². The fraction of sp³-hybridized carbons (Fsp3) is 0.550. The number of alkyl halides is 3. The molecule has 2 aromatic heterocycles. The van der Waals surface area contributed by atoms with Gasteiger partial charge in [0.1, 0.15) is 5.69 Å². The summed E-state index contributed by atoms with van der Waals surface area (Å²) in [5, 5.41) is 5.63. The van der Waals surface area contributed by atoms with Gasteiger partial charge in [0.15, 0.2) is 0 Å². The van der Waals surface area contributed by atoms with Crippen LogP contribution in [0.4, 0.5) is 18.0 Å². The summed E-state index contributed by atoms with van der Waals surface area (Å²) in [6, 6.07) is 2.00. The summed E-state index contributed by atoms with van der Waals surface area (Å²) in [4.78, 5) is 20.0. The Morgan fingerprint density at radius 3 is 2.77 bits per heavy atom. The Kier molecular flexibility index (Phi) is 9.51. The number of ether oxygens (including phenoxy) is 2. The highest BCUT2D eigenvalue weighted by Crippen LogP contribution is 2.27. The molecule has 0 aliphatic rings. The molecule has 0 aromatic carbocycles. The first-order valence-corrected chi connectivity index (χ1v) is 10.6. The van der Waals surface area contributed by atoms with Crippen LogP contribution in [0, 0.1) is 0 Å². The minimum atomic E-state index is -4.48. The lowest BCUT2D eigenvalue weighted by molar-refractivity contribution is -0.141. The van der Waals surface area contributed by atoms with E-state index in [-0.39, 0.29) is 6.04 Å². The smallest absolute Gasteiger partial charge is 0.433 e. The molecule has 2 heterocycles. The standard InChI is InChI=1S/C20H26F3N3O3S/c1-3-4-9-29-19(27)26-15(6-8-18-25-16(12-28-2)13-30-18)10-14-5-7-17(24-11-14)20(21,22)23/h5,7,11,13,15H,3-4,6,8-10,12H2,1-2H3,(H,26,27). The fourth-order valence-corrected chi connectivity index (χ4v) is 3.51. The van der Waals surface area contributed by atoms with E-state index in [2.05, 4.69) is 15.3 Å². The number of amides is 1. The molecule has 1 atom stereocenters. The van der Waals surface area contributed by atoms with Crippen molar-refractivity contribution in [3.63, 3.8) is 0 Å². The molecule has 2 aromatic rings. The molecule has 1 unspecified atom stereocenters. The molecule has 30 heavy (non-hydrogen) atoms. The molecular formula is C20H26F3N3O3S. The van der Waals surface area contributed by atoms with Crippen LogP contribution in [-0.4, -0.2) is 35.8 Å². The van der Waals surface area contributed by atoms with E-state index in [0.717, 1.165) is 29.6 Å². The van der Waals surface area contributed by atoms with Crippen LogP contribution in [0.3, 0.4) is 0 Å². The van der Waals surface area contributed by atoms with Gasteiger partial charge in [-0.3, -0.25) is 4.98 Å². The van der Waals surface area contributed by atoms with Crippen LogP contribution < -0.4 is 5.32 Å². The summed E-state index contributed by atoms with van der Waals surface area (Å²) in [5.74, 6) is 0. The lowest BCUT2D eigenvalue weighted by atomic mass is 10.0. The number of alkyl carbamates (subject to hydrolysis) is 1. The van der Waals surface area contributed by atoms with Gasteiger partial charge in [0.05, 0.1) is 23.9 Å². The number of nitrogens with zero attached hydrogens (tertiary/aromatic N) is 2. The summed E-state index contributed by atoms with van der Waals surface area (Å²) in [6.07, 6.45) is -0.641. The molecule has 0 aliphatic carbocycles. The number of hydrogen-bond donors (Lipinski definition) is 1. The number of hydrogen-bond acceptors (Lipinski definition) is 6. The molecule has 2 rings (SSSR count). The minimum Gasteiger partial charge on any atom is -0.450 e. The average molecular weight is 446 g/mol. The number of carbonyl (C=O) groups is 1. The van der Waals surface area contributed by atoms with Crippen molar-refractivity contribution in [2.45, 2.75) is 57.9 Å². The van der Waals surface area contributed by atoms with Crippen LogP contribution >= 0.6 is 11.3 Å². The number of aromatic nitrogens is 2. The molecule has 0 fully saturated rings. The number of nitrogens with one attached hydrogen (secondary N) is 1. The molecule has 0 saturated carbocycles. The van der Waals surface area contributed by atoms with Crippen LogP contribution in [0.1, 0.15) is 48.1 Å². The maximum Gasteiger partial charge on any atom is 0.433 e. The van der Waals surface area contributed by atoms with Gasteiger partial charge in [0, 0.05) is 31.1 Å². The zero-order valence-electron chi connectivity index (χ0n) is 17.0. The predicted molar refractivity (Wildman–Crippen MR) is 107 cm³/mol. The Labute approximate surface area is 177 Å². The predicted octanol–water partition coefficient (Wildman–Crippen LogP) is 4.77. The summed E-state index contributed by atoms with van der Waals surface area (Å²) >= 11 is 1.51. The summed E-state index contributed by atoms with van der Waals surface area (Å²) in [7, 11) is 1.60. The molecule has 1 N–H and O–H groups in total. The molecular weight excluding hydrogens is 419 g/mol. The lowest BCUT2D eigenvalue weighted by Crippen LogP contribution is -2.37. The lowest BCUT2D eigenvalue weighted by Gasteiger charge is -2.18. The van der Waals surface area contributed by atoms with E-state index in [4.69, 9.17) is 9.47 Å². The minimum absolute atomic E-state index is 0.323. The van der Waals surface area contributed by atoms with Crippen LogP contribution in [0.15, 0.2) is 23.7 Å². The molecule has 6 nitrogen and oxygen atoms in total. The van der Waals surface area contributed by atoms with Crippen molar-refractivity contribution in [2.24, 2.45) is 0 Å². The first-order valence-electron chi connectivity index (χ1n) is 9.69. The third-order valence-electron chi connectivity index (χ3n) is 4.25. The quantitative estimate of drug-likeness (QED) is 0.504. The topological polar surface area (TPSA) is 73.3 Å². The monoisotopic (exact) mass is 445 g/mol. The van der Waals surface area contributed by atoms with E-state index in [0.29, 0.717) is 38.0 Å². The zero-order valence-corrected chi connectivity index (χ0v) is 17.8. The third kappa shape index (κ3) is 8.27. The number of rotatable bonds is 11. The van der Waals surface area contributed by atoms with Gasteiger partial charge in [-0.1, -0.05) is 19.4 Å². The van der Waals surface area contributed by atoms with Crippen molar-refractivity contribution >= 4 is 17.4 Å². The number of aryl methyl sites for hydroxylation is 1. The number of pyridine rings is 1. The number of unbranched alkanes of at least 4 members (excludes halogenated alkanes) is 1. The van der Waals surface area contributed by atoms with Crippen molar-refractivity contribution in [3.05, 3.63) is 45.7 Å². The van der Waals surface area contributed by atoms with Crippen molar-refractivity contribution < 1.29 is 27.4 Å². The number of halogens is 3. The van der Waals surface area contributed by atoms with Crippen molar-refractivity contribution in [1.82, 2.24) is 15.3 Å². The Bertz CT molecular complexity index is 782. The third-order valence-corrected chi connectivity index (χ3v) is 5.21. The molecule has 166 valence electrons. The van der Waals surface area contributed by atoms with E-state index < -0.39 is 18.0 Å². The van der Waals surface area contributed by atoms with E-state index in [1.807, 2.05) is 12.3 Å². The van der Waals surface area contributed by atoms with Gasteiger partial charge >= 0.3 is 12.3 Å². The van der Waals surface area contributed by atoms with Crippen LogP contribution in [0.25, 0.3) is 0 Å². The highest BCUT2D eigenvalue weighted by Gasteiger charge is 2.32. The molecule has 0 saturated heterocycles. The summed E-state index contributed by atoms with van der Waals surface area (Å²) in [6.45, 7) is 2.75. The molecule has 0 aliphatic heterocycles. The maximum atomic E-state index is 12.7. The van der Waals surface area contributed by atoms with Crippen LogP contribution in [0.5, 0.6) is 0 Å². The second-order valence-corrected chi connectivity index (χ2v) is 7.73. The van der Waals surface area contributed by atoms with E-state index >= 15 is 0 Å². The van der Waals surface area contributed by atoms with Gasteiger partial charge in [-0.25, -0.2) is 9.78 Å². The van der Waals surface area contributed by atoms with Gasteiger partial charge in [-0.05, 0) is 30.9 Å². The van der Waals surface area contributed by atoms with Crippen LogP contribution in [0.2, 0.25) is 0 Å². The first kappa shape index (κ1) is 24.1. The van der Waals surface area contributed by atoms with E-state index in [1.54, 1.807) is 7.11 Å². The summed E-state index contributed by atoms with van der Waals surface area (Å²) < 4.78 is 48.4.